The van der Waals surface area contributed by atoms with E-state index in [1.165, 1.54) is 51.6 Å². The van der Waals surface area contributed by atoms with Gasteiger partial charge in [0.05, 0.1) is 0 Å². The van der Waals surface area contributed by atoms with Crippen LogP contribution in [0.5, 0.6) is 0 Å². The van der Waals surface area contributed by atoms with E-state index < -0.39 is 0 Å². The second-order valence-electron chi connectivity index (χ2n) is 5.94. The van der Waals surface area contributed by atoms with Crippen LogP contribution in [-0.2, 0) is 0 Å². The van der Waals surface area contributed by atoms with Gasteiger partial charge in [0.25, 0.3) is 0 Å². The van der Waals surface area contributed by atoms with Gasteiger partial charge in [0.2, 0.25) is 0 Å². The molecule has 1 heteroatoms. The molecular weight excluding hydrogens is 194 g/mol. The lowest BCUT2D eigenvalue weighted by Crippen LogP contribution is -2.37. The van der Waals surface area contributed by atoms with E-state index in [2.05, 4.69) is 32.6 Å². The Morgan fingerprint density at radius 1 is 1.06 bits per heavy atom. The summed E-state index contributed by atoms with van der Waals surface area (Å²) >= 11 is 0. The lowest BCUT2D eigenvalue weighted by molar-refractivity contribution is 0.173. The zero-order valence-corrected chi connectivity index (χ0v) is 11.8. The van der Waals surface area contributed by atoms with Gasteiger partial charge in [0, 0.05) is 6.04 Å². The third-order valence-electron chi connectivity index (χ3n) is 4.38. The predicted molar refractivity (Wildman–Crippen MR) is 72.7 cm³/mol. The van der Waals surface area contributed by atoms with Crippen molar-refractivity contribution in [3.05, 3.63) is 0 Å². The molecule has 0 bridgehead atoms. The maximum Gasteiger partial charge on any atom is 0.00926 e. The summed E-state index contributed by atoms with van der Waals surface area (Å²) in [4.78, 5) is 2.74. The molecule has 1 nitrogen and oxygen atoms in total. The average molecular weight is 225 g/mol. The monoisotopic (exact) mass is 225 g/mol. The van der Waals surface area contributed by atoms with Gasteiger partial charge in [0.15, 0.2) is 0 Å². The summed E-state index contributed by atoms with van der Waals surface area (Å²) in [6, 6.07) is 0.798. The largest absolute Gasteiger partial charge is 0.300 e. The second-order valence-corrected chi connectivity index (χ2v) is 5.94. The van der Waals surface area contributed by atoms with Crippen molar-refractivity contribution in [1.82, 2.24) is 4.90 Å². The molecule has 1 saturated heterocycles. The van der Waals surface area contributed by atoms with Gasteiger partial charge in [0.1, 0.15) is 0 Å². The Kier molecular flexibility index (Phi) is 6.41. The molecule has 0 amide bonds. The zero-order chi connectivity index (χ0) is 12.0. The Labute approximate surface area is 103 Å². The lowest BCUT2D eigenvalue weighted by Gasteiger charge is -2.30. The molecule has 0 spiro atoms. The first-order valence-corrected chi connectivity index (χ1v) is 7.39. The van der Waals surface area contributed by atoms with Crippen molar-refractivity contribution in [1.29, 1.82) is 0 Å². The molecule has 16 heavy (non-hydrogen) atoms. The van der Waals surface area contributed by atoms with Crippen LogP contribution in [0.1, 0.15) is 66.2 Å². The van der Waals surface area contributed by atoms with Crippen LogP contribution < -0.4 is 0 Å². The Hall–Kier alpha value is -0.0400. The van der Waals surface area contributed by atoms with E-state index in [0.717, 1.165) is 17.9 Å². The number of nitrogens with zero attached hydrogens (tertiary/aromatic N) is 1. The van der Waals surface area contributed by atoms with E-state index in [9.17, 15) is 0 Å². The van der Waals surface area contributed by atoms with Crippen molar-refractivity contribution in [3.8, 4) is 0 Å². The van der Waals surface area contributed by atoms with Crippen molar-refractivity contribution in [3.63, 3.8) is 0 Å². The average Bonchev–Trinajstić information content (AvgIpc) is 2.37. The molecule has 0 N–H and O–H groups in total. The van der Waals surface area contributed by atoms with Gasteiger partial charge in [-0.1, -0.05) is 40.0 Å². The number of hydrogen-bond donors (Lipinski definition) is 0. The fourth-order valence-corrected chi connectivity index (χ4v) is 2.96. The third kappa shape index (κ3) is 4.45. The SMILES string of the molecule is CCCCCCN1CCC(C)CC(C)C1C. The smallest absolute Gasteiger partial charge is 0.00926 e. The van der Waals surface area contributed by atoms with Gasteiger partial charge in [-0.25, -0.2) is 0 Å². The molecule has 96 valence electrons. The van der Waals surface area contributed by atoms with Gasteiger partial charge in [-0.15, -0.1) is 0 Å². The van der Waals surface area contributed by atoms with E-state index in [1.807, 2.05) is 0 Å². The summed E-state index contributed by atoms with van der Waals surface area (Å²) in [5.74, 6) is 1.81. The molecule has 0 saturated carbocycles. The molecule has 0 aromatic heterocycles. The van der Waals surface area contributed by atoms with Crippen LogP contribution in [0.3, 0.4) is 0 Å². The summed E-state index contributed by atoms with van der Waals surface area (Å²) in [6.45, 7) is 12.2. The molecule has 1 heterocycles. The van der Waals surface area contributed by atoms with Gasteiger partial charge >= 0.3 is 0 Å². The standard InChI is InChI=1S/C15H31N/c1-5-6-7-8-10-16-11-9-13(2)12-14(3)15(16)4/h13-15H,5-12H2,1-4H3. The highest BCUT2D eigenvalue weighted by molar-refractivity contribution is 4.79. The molecule has 3 unspecified atom stereocenters. The quantitative estimate of drug-likeness (QED) is 0.630. The highest BCUT2D eigenvalue weighted by atomic mass is 15.2. The van der Waals surface area contributed by atoms with Crippen molar-refractivity contribution < 1.29 is 0 Å². The summed E-state index contributed by atoms with van der Waals surface area (Å²) in [5.41, 5.74) is 0. The maximum absolute atomic E-state index is 2.74. The molecule has 1 rings (SSSR count). The summed E-state index contributed by atoms with van der Waals surface area (Å²) in [6.07, 6.45) is 8.41. The van der Waals surface area contributed by atoms with E-state index in [1.54, 1.807) is 0 Å². The van der Waals surface area contributed by atoms with E-state index in [-0.39, 0.29) is 0 Å². The fourth-order valence-electron chi connectivity index (χ4n) is 2.96. The number of hydrogen-bond acceptors (Lipinski definition) is 1. The molecule has 1 aliphatic rings. The number of unbranched alkanes of at least 4 members (excludes halogenated alkanes) is 3. The molecular formula is C15H31N. The lowest BCUT2D eigenvalue weighted by atomic mass is 9.92. The first kappa shape index (κ1) is 14.0. The van der Waals surface area contributed by atoms with Crippen molar-refractivity contribution in [2.45, 2.75) is 72.3 Å². The van der Waals surface area contributed by atoms with Crippen LogP contribution in [-0.4, -0.2) is 24.0 Å². The zero-order valence-electron chi connectivity index (χ0n) is 11.8. The second kappa shape index (κ2) is 7.32. The van der Waals surface area contributed by atoms with Crippen LogP contribution >= 0.6 is 0 Å². The highest BCUT2D eigenvalue weighted by Gasteiger charge is 2.25. The van der Waals surface area contributed by atoms with E-state index in [0.29, 0.717) is 0 Å². The molecule has 3 atom stereocenters. The van der Waals surface area contributed by atoms with Crippen LogP contribution in [0.15, 0.2) is 0 Å². The fraction of sp³-hybridized carbons (Fsp3) is 1.00. The third-order valence-corrected chi connectivity index (χ3v) is 4.38. The van der Waals surface area contributed by atoms with Gasteiger partial charge in [-0.05, 0) is 51.1 Å². The van der Waals surface area contributed by atoms with Gasteiger partial charge in [-0.2, -0.15) is 0 Å². The number of rotatable bonds is 5. The summed E-state index contributed by atoms with van der Waals surface area (Å²) in [5, 5.41) is 0. The van der Waals surface area contributed by atoms with E-state index >= 15 is 0 Å². The Morgan fingerprint density at radius 2 is 1.81 bits per heavy atom. The maximum atomic E-state index is 2.74. The minimum absolute atomic E-state index is 0.798. The molecule has 0 radical (unpaired) electrons. The molecule has 1 fully saturated rings. The van der Waals surface area contributed by atoms with Crippen molar-refractivity contribution in [2.24, 2.45) is 11.8 Å². The Balaban J connectivity index is 2.32. The normalized spacial score (nSPS) is 32.6. The van der Waals surface area contributed by atoms with Crippen LogP contribution in [0.2, 0.25) is 0 Å². The Bertz CT molecular complexity index is 178. The highest BCUT2D eigenvalue weighted by Crippen LogP contribution is 2.26. The molecule has 0 aliphatic carbocycles. The van der Waals surface area contributed by atoms with Gasteiger partial charge < -0.3 is 4.90 Å². The first-order valence-electron chi connectivity index (χ1n) is 7.39. The van der Waals surface area contributed by atoms with Crippen LogP contribution in [0, 0.1) is 11.8 Å². The van der Waals surface area contributed by atoms with Gasteiger partial charge in [-0.3, -0.25) is 0 Å². The minimum Gasteiger partial charge on any atom is -0.300 e. The summed E-state index contributed by atoms with van der Waals surface area (Å²) < 4.78 is 0. The van der Waals surface area contributed by atoms with Crippen LogP contribution in [0.4, 0.5) is 0 Å². The van der Waals surface area contributed by atoms with Crippen molar-refractivity contribution in [2.75, 3.05) is 13.1 Å². The molecule has 0 aromatic carbocycles. The Morgan fingerprint density at radius 3 is 2.50 bits per heavy atom. The first-order chi connectivity index (χ1) is 7.65. The minimum atomic E-state index is 0.798. The van der Waals surface area contributed by atoms with Crippen molar-refractivity contribution >= 4 is 0 Å². The van der Waals surface area contributed by atoms with Crippen LogP contribution in [0.25, 0.3) is 0 Å². The molecule has 0 aromatic rings. The predicted octanol–water partition coefficient (Wildman–Crippen LogP) is 4.32. The summed E-state index contributed by atoms with van der Waals surface area (Å²) in [7, 11) is 0. The number of likely N-dealkylation sites (tertiary alicyclic amines) is 1. The van der Waals surface area contributed by atoms with E-state index in [4.69, 9.17) is 0 Å². The molecule has 1 aliphatic heterocycles. The topological polar surface area (TPSA) is 3.24 Å².